The van der Waals surface area contributed by atoms with E-state index in [0.29, 0.717) is 26.1 Å². The fraction of sp³-hybridized carbons (Fsp3) is 0.667. The Morgan fingerprint density at radius 2 is 1.88 bits per heavy atom. The van der Waals surface area contributed by atoms with Crippen LogP contribution in [0.15, 0.2) is 12.2 Å². The van der Waals surface area contributed by atoms with Crippen LogP contribution < -0.4 is 0 Å². The minimum Gasteiger partial charge on any atom is -0.481 e. The molecular weight excluding hydrogens is 222 g/mol. The van der Waals surface area contributed by atoms with Gasteiger partial charge in [-0.15, -0.1) is 0 Å². The van der Waals surface area contributed by atoms with Gasteiger partial charge in [0.1, 0.15) is 0 Å². The molecule has 2 atom stereocenters. The van der Waals surface area contributed by atoms with Gasteiger partial charge >= 0.3 is 11.9 Å². The van der Waals surface area contributed by atoms with Gasteiger partial charge in [-0.25, -0.2) is 0 Å². The Morgan fingerprint density at radius 1 is 1.29 bits per heavy atom. The predicted octanol–water partition coefficient (Wildman–Crippen LogP) is 1.06. The van der Waals surface area contributed by atoms with Crippen LogP contribution in [-0.2, 0) is 9.59 Å². The second kappa shape index (κ2) is 5.82. The first-order valence-corrected chi connectivity index (χ1v) is 5.80. The van der Waals surface area contributed by atoms with Gasteiger partial charge in [0.15, 0.2) is 0 Å². The molecule has 1 fully saturated rings. The van der Waals surface area contributed by atoms with Crippen molar-refractivity contribution in [3.63, 3.8) is 0 Å². The molecule has 0 aromatic carbocycles. The molecule has 0 saturated carbocycles. The first-order chi connectivity index (χ1) is 7.95. The standard InChI is InChI=1S/C12H19NO4/c1-3-8(2)6-13-5-4-9(11(14)15)10(7-13)12(16)17/h9-10H,2-7H2,1H3,(H,14,15)(H,16,17). The Labute approximate surface area is 101 Å². The summed E-state index contributed by atoms with van der Waals surface area (Å²) < 4.78 is 0. The summed E-state index contributed by atoms with van der Waals surface area (Å²) in [5.74, 6) is -3.61. The maximum Gasteiger partial charge on any atom is 0.308 e. The van der Waals surface area contributed by atoms with Gasteiger partial charge in [0.2, 0.25) is 0 Å². The highest BCUT2D eigenvalue weighted by Gasteiger charge is 2.38. The van der Waals surface area contributed by atoms with Crippen molar-refractivity contribution in [1.82, 2.24) is 4.90 Å². The molecule has 5 nitrogen and oxygen atoms in total. The lowest BCUT2D eigenvalue weighted by molar-refractivity contribution is -0.157. The molecule has 1 rings (SSSR count). The molecule has 1 aliphatic rings. The third kappa shape index (κ3) is 3.56. The molecule has 96 valence electrons. The Balaban J connectivity index is 2.65. The summed E-state index contributed by atoms with van der Waals surface area (Å²) in [4.78, 5) is 24.0. The van der Waals surface area contributed by atoms with Crippen molar-refractivity contribution >= 4 is 11.9 Å². The highest BCUT2D eigenvalue weighted by atomic mass is 16.4. The lowest BCUT2D eigenvalue weighted by Gasteiger charge is -2.34. The summed E-state index contributed by atoms with van der Waals surface area (Å²) in [7, 11) is 0. The molecule has 0 amide bonds. The molecule has 2 N–H and O–H groups in total. The van der Waals surface area contributed by atoms with Crippen LogP contribution in [0.5, 0.6) is 0 Å². The van der Waals surface area contributed by atoms with Gasteiger partial charge in [-0.3, -0.25) is 14.5 Å². The number of carbonyl (C=O) groups is 2. The first kappa shape index (κ1) is 13.7. The number of hydrogen-bond acceptors (Lipinski definition) is 3. The zero-order valence-electron chi connectivity index (χ0n) is 10.1. The minimum absolute atomic E-state index is 0.297. The maximum atomic E-state index is 11.1. The van der Waals surface area contributed by atoms with Crippen molar-refractivity contribution in [1.29, 1.82) is 0 Å². The molecule has 0 aromatic rings. The van der Waals surface area contributed by atoms with Crippen molar-refractivity contribution in [2.24, 2.45) is 11.8 Å². The van der Waals surface area contributed by atoms with Crippen molar-refractivity contribution in [3.05, 3.63) is 12.2 Å². The molecule has 0 radical (unpaired) electrons. The smallest absolute Gasteiger partial charge is 0.308 e. The Bertz CT molecular complexity index is 326. The van der Waals surface area contributed by atoms with Crippen molar-refractivity contribution in [3.8, 4) is 0 Å². The topological polar surface area (TPSA) is 77.8 Å². The van der Waals surface area contributed by atoms with E-state index in [1.807, 2.05) is 11.8 Å². The number of rotatable bonds is 5. The molecule has 0 aliphatic carbocycles. The normalized spacial score (nSPS) is 25.5. The second-order valence-electron chi connectivity index (χ2n) is 4.52. The number of hydrogen-bond donors (Lipinski definition) is 2. The van der Waals surface area contributed by atoms with Crippen LogP contribution in [0, 0.1) is 11.8 Å². The van der Waals surface area contributed by atoms with Crippen LogP contribution >= 0.6 is 0 Å². The molecule has 1 aliphatic heterocycles. The summed E-state index contributed by atoms with van der Waals surface area (Å²) in [6.45, 7) is 7.47. The molecule has 0 aromatic heterocycles. The molecule has 5 heteroatoms. The molecule has 0 spiro atoms. The van der Waals surface area contributed by atoms with Gasteiger partial charge < -0.3 is 10.2 Å². The van der Waals surface area contributed by atoms with Crippen LogP contribution in [0.2, 0.25) is 0 Å². The van der Waals surface area contributed by atoms with Gasteiger partial charge in [0.05, 0.1) is 11.8 Å². The molecule has 1 saturated heterocycles. The lowest BCUT2D eigenvalue weighted by Crippen LogP contribution is -2.46. The van der Waals surface area contributed by atoms with E-state index in [1.165, 1.54) is 0 Å². The lowest BCUT2D eigenvalue weighted by atomic mass is 9.85. The minimum atomic E-state index is -1.02. The van der Waals surface area contributed by atoms with E-state index in [9.17, 15) is 9.59 Å². The SMILES string of the molecule is C=C(CC)CN1CCC(C(=O)O)C(C(=O)O)C1. The summed E-state index contributed by atoms with van der Waals surface area (Å²) in [5.41, 5.74) is 1.04. The average Bonchev–Trinajstić information content (AvgIpc) is 2.28. The number of likely N-dealkylation sites (tertiary alicyclic amines) is 1. The van der Waals surface area contributed by atoms with E-state index >= 15 is 0 Å². The van der Waals surface area contributed by atoms with Gasteiger partial charge in [0, 0.05) is 13.1 Å². The molecular formula is C12H19NO4. The fourth-order valence-corrected chi connectivity index (χ4v) is 2.14. The maximum absolute atomic E-state index is 11.1. The fourth-order valence-electron chi connectivity index (χ4n) is 2.14. The van der Waals surface area contributed by atoms with Crippen LogP contribution in [0.4, 0.5) is 0 Å². The number of piperidine rings is 1. The molecule has 17 heavy (non-hydrogen) atoms. The third-order valence-corrected chi connectivity index (χ3v) is 3.28. The third-order valence-electron chi connectivity index (χ3n) is 3.28. The average molecular weight is 241 g/mol. The first-order valence-electron chi connectivity index (χ1n) is 5.80. The summed E-state index contributed by atoms with van der Waals surface area (Å²) in [5, 5.41) is 18.0. The number of nitrogens with zero attached hydrogens (tertiary/aromatic N) is 1. The zero-order valence-corrected chi connectivity index (χ0v) is 10.1. The van der Waals surface area contributed by atoms with Crippen LogP contribution in [-0.4, -0.2) is 46.7 Å². The zero-order chi connectivity index (χ0) is 13.0. The van der Waals surface area contributed by atoms with Crippen molar-refractivity contribution in [2.45, 2.75) is 19.8 Å². The number of aliphatic carboxylic acids is 2. The van der Waals surface area contributed by atoms with Gasteiger partial charge in [-0.1, -0.05) is 19.1 Å². The van der Waals surface area contributed by atoms with Crippen molar-refractivity contribution in [2.75, 3.05) is 19.6 Å². The largest absolute Gasteiger partial charge is 0.481 e. The Morgan fingerprint density at radius 3 is 2.35 bits per heavy atom. The summed E-state index contributed by atoms with van der Waals surface area (Å²) in [6.07, 6.45) is 1.25. The number of carboxylic acids is 2. The van der Waals surface area contributed by atoms with E-state index in [0.717, 1.165) is 12.0 Å². The van der Waals surface area contributed by atoms with Crippen LogP contribution in [0.25, 0.3) is 0 Å². The second-order valence-corrected chi connectivity index (χ2v) is 4.52. The van der Waals surface area contributed by atoms with E-state index < -0.39 is 23.8 Å². The van der Waals surface area contributed by atoms with Gasteiger partial charge in [0.25, 0.3) is 0 Å². The highest BCUT2D eigenvalue weighted by Crippen LogP contribution is 2.24. The van der Waals surface area contributed by atoms with Crippen LogP contribution in [0.1, 0.15) is 19.8 Å². The van der Waals surface area contributed by atoms with Gasteiger partial charge in [-0.05, 0) is 19.4 Å². The Kier molecular flexibility index (Phi) is 4.69. The highest BCUT2D eigenvalue weighted by molar-refractivity contribution is 5.80. The Hall–Kier alpha value is -1.36. The van der Waals surface area contributed by atoms with E-state index in [1.54, 1.807) is 0 Å². The summed E-state index contributed by atoms with van der Waals surface area (Å²) >= 11 is 0. The molecule has 0 bridgehead atoms. The van der Waals surface area contributed by atoms with E-state index in [2.05, 4.69) is 6.58 Å². The predicted molar refractivity (Wildman–Crippen MR) is 62.7 cm³/mol. The number of carboxylic acid groups (broad SMARTS) is 2. The van der Waals surface area contributed by atoms with Crippen molar-refractivity contribution < 1.29 is 19.8 Å². The monoisotopic (exact) mass is 241 g/mol. The molecule has 2 unspecified atom stereocenters. The summed E-state index contributed by atoms with van der Waals surface area (Å²) in [6, 6.07) is 0. The van der Waals surface area contributed by atoms with Crippen LogP contribution in [0.3, 0.4) is 0 Å². The quantitative estimate of drug-likeness (QED) is 0.704. The van der Waals surface area contributed by atoms with E-state index in [-0.39, 0.29) is 0 Å². The van der Waals surface area contributed by atoms with E-state index in [4.69, 9.17) is 10.2 Å². The van der Waals surface area contributed by atoms with Gasteiger partial charge in [-0.2, -0.15) is 0 Å². The molecule has 1 heterocycles.